The van der Waals surface area contributed by atoms with E-state index in [0.29, 0.717) is 12.0 Å². The number of nitrogens with one attached hydrogen (secondary N) is 4. The van der Waals surface area contributed by atoms with Gasteiger partial charge in [0.15, 0.2) is 5.96 Å². The largest absolute Gasteiger partial charge is 0.481 e. The highest BCUT2D eigenvalue weighted by atomic mass is 16.4. The minimum Gasteiger partial charge on any atom is -0.481 e. The molecule has 39 heavy (non-hydrogen) atoms. The molecule has 3 rings (SSSR count). The third-order valence-corrected chi connectivity index (χ3v) is 6.26. The molecule has 4 atom stereocenters. The predicted octanol–water partition coefficient (Wildman–Crippen LogP) is -2.99. The molecule has 0 spiro atoms. The van der Waals surface area contributed by atoms with Crippen molar-refractivity contribution in [1.82, 2.24) is 26.2 Å². The fourth-order valence-corrected chi connectivity index (χ4v) is 4.42. The summed E-state index contributed by atoms with van der Waals surface area (Å²) in [5, 5.41) is 19.2. The van der Waals surface area contributed by atoms with E-state index in [-0.39, 0.29) is 31.9 Å². The van der Waals surface area contributed by atoms with Crippen LogP contribution in [0.25, 0.3) is 0 Å². The van der Waals surface area contributed by atoms with E-state index in [9.17, 15) is 33.9 Å². The first-order valence-electron chi connectivity index (χ1n) is 12.4. The molecule has 9 N–H and O–H groups in total. The van der Waals surface area contributed by atoms with Crippen molar-refractivity contribution in [1.29, 1.82) is 0 Å². The van der Waals surface area contributed by atoms with Gasteiger partial charge in [-0.25, -0.2) is 0 Å². The average molecular weight is 545 g/mol. The van der Waals surface area contributed by atoms with Crippen molar-refractivity contribution in [2.75, 3.05) is 19.6 Å². The second-order valence-corrected chi connectivity index (χ2v) is 9.23. The topological polar surface area (TPSA) is 238 Å². The average Bonchev–Trinajstić information content (AvgIpc) is 3.31. The highest BCUT2D eigenvalue weighted by Gasteiger charge is 2.42. The summed E-state index contributed by atoms with van der Waals surface area (Å²) in [7, 11) is 0. The number of carbonyl (C=O) groups is 6. The summed E-state index contributed by atoms with van der Waals surface area (Å²) in [5.74, 6) is -4.80. The maximum atomic E-state index is 13.4. The van der Waals surface area contributed by atoms with Crippen LogP contribution in [0.15, 0.2) is 35.3 Å². The van der Waals surface area contributed by atoms with Crippen molar-refractivity contribution in [3.63, 3.8) is 0 Å². The number of nitrogens with two attached hydrogens (primary N) is 2. The zero-order valence-corrected chi connectivity index (χ0v) is 21.1. The Bertz CT molecular complexity index is 1140. The van der Waals surface area contributed by atoms with Crippen molar-refractivity contribution < 1.29 is 33.9 Å². The predicted molar refractivity (Wildman–Crippen MR) is 137 cm³/mol. The summed E-state index contributed by atoms with van der Waals surface area (Å²) in [4.78, 5) is 81.4. The van der Waals surface area contributed by atoms with Crippen LogP contribution in [-0.4, -0.2) is 95.3 Å². The fourth-order valence-electron chi connectivity index (χ4n) is 4.42. The molecule has 2 aliphatic heterocycles. The molecule has 0 unspecified atom stereocenters. The van der Waals surface area contributed by atoms with Crippen molar-refractivity contribution >= 4 is 41.5 Å². The summed E-state index contributed by atoms with van der Waals surface area (Å²) in [5.41, 5.74) is 11.0. The lowest BCUT2D eigenvalue weighted by Crippen LogP contribution is -2.55. The van der Waals surface area contributed by atoms with Crippen LogP contribution in [0.4, 0.5) is 0 Å². The Morgan fingerprint density at radius 3 is 2.36 bits per heavy atom. The summed E-state index contributed by atoms with van der Waals surface area (Å²) in [6, 6.07) is 3.98. The number of benzene rings is 1. The summed E-state index contributed by atoms with van der Waals surface area (Å²) >= 11 is 0. The number of hydrogen-bond donors (Lipinski definition) is 7. The van der Waals surface area contributed by atoms with Gasteiger partial charge >= 0.3 is 5.97 Å². The van der Waals surface area contributed by atoms with Crippen molar-refractivity contribution in [2.24, 2.45) is 16.5 Å². The van der Waals surface area contributed by atoms with E-state index in [1.165, 1.54) is 4.90 Å². The van der Waals surface area contributed by atoms with Crippen LogP contribution in [0.2, 0.25) is 0 Å². The van der Waals surface area contributed by atoms with Crippen molar-refractivity contribution in [3.8, 4) is 0 Å². The van der Waals surface area contributed by atoms with E-state index in [4.69, 9.17) is 11.5 Å². The van der Waals surface area contributed by atoms with Gasteiger partial charge in [0.2, 0.25) is 23.6 Å². The zero-order chi connectivity index (χ0) is 28.5. The molecule has 5 amide bonds. The number of carboxylic acids is 1. The van der Waals surface area contributed by atoms with E-state index in [0.717, 1.165) is 0 Å². The van der Waals surface area contributed by atoms with Crippen LogP contribution in [0, 0.1) is 0 Å². The van der Waals surface area contributed by atoms with Gasteiger partial charge in [0.1, 0.15) is 18.1 Å². The van der Waals surface area contributed by atoms with E-state index in [1.54, 1.807) is 30.3 Å². The van der Waals surface area contributed by atoms with Crippen molar-refractivity contribution in [3.05, 3.63) is 35.9 Å². The maximum Gasteiger partial charge on any atom is 0.305 e. The lowest BCUT2D eigenvalue weighted by atomic mass is 10.1. The second kappa shape index (κ2) is 13.2. The molecular formula is C24H32N8O7. The Morgan fingerprint density at radius 2 is 1.69 bits per heavy atom. The zero-order valence-electron chi connectivity index (χ0n) is 21.1. The number of rotatable bonds is 7. The molecule has 2 aliphatic rings. The van der Waals surface area contributed by atoms with Gasteiger partial charge in [-0.2, -0.15) is 0 Å². The number of carbonyl (C=O) groups excluding carboxylic acids is 5. The third kappa shape index (κ3) is 8.15. The Balaban J connectivity index is 1.90. The molecule has 0 aliphatic carbocycles. The van der Waals surface area contributed by atoms with E-state index < -0.39 is 72.6 Å². The Hall–Kier alpha value is -4.69. The van der Waals surface area contributed by atoms with Crippen LogP contribution in [0.3, 0.4) is 0 Å². The first-order valence-corrected chi connectivity index (χ1v) is 12.4. The van der Waals surface area contributed by atoms with Gasteiger partial charge in [0.05, 0.1) is 13.0 Å². The third-order valence-electron chi connectivity index (χ3n) is 6.26. The number of hydrogen-bond acceptors (Lipinski definition) is 7. The highest BCUT2D eigenvalue weighted by molar-refractivity contribution is 5.99. The number of amides is 5. The number of carboxylic acid groups (broad SMARTS) is 1. The number of fused-ring (bicyclic) bond motifs is 2. The van der Waals surface area contributed by atoms with Crippen molar-refractivity contribution in [2.45, 2.75) is 49.9 Å². The molecule has 210 valence electrons. The number of guanidine groups is 1. The molecule has 1 aromatic carbocycles. The Morgan fingerprint density at radius 1 is 0.974 bits per heavy atom. The first kappa shape index (κ1) is 28.9. The molecule has 2 saturated heterocycles. The lowest BCUT2D eigenvalue weighted by molar-refractivity contribution is -0.141. The Labute approximate surface area is 223 Å². The van der Waals surface area contributed by atoms with Crippen LogP contribution >= 0.6 is 0 Å². The van der Waals surface area contributed by atoms with Crippen LogP contribution in [0.5, 0.6) is 0 Å². The van der Waals surface area contributed by atoms with Crippen LogP contribution in [0.1, 0.15) is 36.0 Å². The maximum absolute atomic E-state index is 13.4. The lowest BCUT2D eigenvalue weighted by Gasteiger charge is -2.26. The first-order chi connectivity index (χ1) is 18.5. The summed E-state index contributed by atoms with van der Waals surface area (Å²) < 4.78 is 0. The van der Waals surface area contributed by atoms with Crippen LogP contribution < -0.4 is 32.7 Å². The quantitative estimate of drug-likeness (QED) is 0.105. The van der Waals surface area contributed by atoms with E-state index in [1.807, 2.05) is 0 Å². The monoisotopic (exact) mass is 544 g/mol. The summed E-state index contributed by atoms with van der Waals surface area (Å²) in [6.45, 7) is -0.421. The van der Waals surface area contributed by atoms with Gasteiger partial charge in [-0.1, -0.05) is 18.2 Å². The molecule has 2 heterocycles. The Kier molecular flexibility index (Phi) is 9.78. The molecule has 2 fully saturated rings. The fraction of sp³-hybridized carbons (Fsp3) is 0.458. The molecule has 2 bridgehead atoms. The second-order valence-electron chi connectivity index (χ2n) is 9.23. The standard InChI is InChI=1S/C24H32N8O7/c25-24(26)27-8-4-7-15-20(36)28-11-18(33)30-16(10-19(34)35)21(37)29-14-9-17(22(38)31-15)32(12-14)23(39)13-5-2-1-3-6-13/h1-3,5-6,14-17H,4,7-12H2,(H,28,36)(H,29,37)(H,30,33)(H,31,38)(H,34,35)(H4,25,26,27)/t14-,15+,16+,17+/m1/s1. The number of nitrogens with zero attached hydrogens (tertiary/aromatic N) is 2. The van der Waals surface area contributed by atoms with Gasteiger partial charge in [-0.05, 0) is 31.4 Å². The molecule has 0 saturated carbocycles. The van der Waals surface area contributed by atoms with Crippen LogP contribution in [-0.2, 0) is 24.0 Å². The van der Waals surface area contributed by atoms with Gasteiger partial charge in [0.25, 0.3) is 5.91 Å². The normalized spacial score (nSPS) is 23.9. The smallest absolute Gasteiger partial charge is 0.305 e. The molecule has 15 nitrogen and oxygen atoms in total. The number of aliphatic imine (C=N–C) groups is 1. The number of likely N-dealkylation sites (tertiary alicyclic amines) is 1. The minimum atomic E-state index is -1.43. The van der Waals surface area contributed by atoms with Gasteiger partial charge in [-0.15, -0.1) is 0 Å². The van der Waals surface area contributed by atoms with Gasteiger partial charge in [0, 0.05) is 24.7 Å². The van der Waals surface area contributed by atoms with E-state index >= 15 is 0 Å². The van der Waals surface area contributed by atoms with E-state index in [2.05, 4.69) is 26.3 Å². The van der Waals surface area contributed by atoms with Gasteiger partial charge < -0.3 is 42.7 Å². The molecular weight excluding hydrogens is 512 g/mol. The minimum absolute atomic E-state index is 0.00617. The molecule has 15 heteroatoms. The molecule has 0 aromatic heterocycles. The summed E-state index contributed by atoms with van der Waals surface area (Å²) in [6.07, 6.45) is -0.259. The molecule has 1 aromatic rings. The number of aliphatic carboxylic acids is 1. The highest BCUT2D eigenvalue weighted by Crippen LogP contribution is 2.22. The SMILES string of the molecule is NC(N)=NCCC[C@@H]1NC(=O)[C@@H]2C[C@H](CN2C(=O)c2ccccc2)NC(=O)[C@H](CC(=O)O)NC(=O)CNC1=O. The van der Waals surface area contributed by atoms with Gasteiger partial charge in [-0.3, -0.25) is 33.8 Å². The molecule has 0 radical (unpaired) electrons.